The average Bonchev–Trinajstić information content (AvgIpc) is 2.89. The molecule has 0 aliphatic rings. The molecule has 4 heteroatoms. The van der Waals surface area contributed by atoms with Gasteiger partial charge in [0, 0.05) is 22.7 Å². The largest absolute Gasteiger partial charge is 0.465 e. The molecular formula is C17H14BrNO2. The van der Waals surface area contributed by atoms with Crippen LogP contribution in [0.25, 0.3) is 10.9 Å². The van der Waals surface area contributed by atoms with E-state index >= 15 is 0 Å². The number of rotatable bonds is 3. The molecular weight excluding hydrogens is 330 g/mol. The molecule has 3 aromatic rings. The van der Waals surface area contributed by atoms with Crippen molar-refractivity contribution in [3.8, 4) is 0 Å². The minimum Gasteiger partial charge on any atom is -0.465 e. The smallest absolute Gasteiger partial charge is 0.337 e. The van der Waals surface area contributed by atoms with Crippen LogP contribution in [0.5, 0.6) is 0 Å². The summed E-state index contributed by atoms with van der Waals surface area (Å²) in [7, 11) is 1.39. The van der Waals surface area contributed by atoms with Crippen molar-refractivity contribution in [2.75, 3.05) is 7.11 Å². The molecule has 0 spiro atoms. The first-order valence-electron chi connectivity index (χ1n) is 6.59. The molecule has 0 atom stereocenters. The van der Waals surface area contributed by atoms with Crippen LogP contribution in [0.3, 0.4) is 0 Å². The summed E-state index contributed by atoms with van der Waals surface area (Å²) in [6, 6.07) is 15.8. The summed E-state index contributed by atoms with van der Waals surface area (Å²) < 4.78 is 7.98. The number of benzene rings is 2. The van der Waals surface area contributed by atoms with Crippen molar-refractivity contribution < 1.29 is 9.53 Å². The molecule has 0 aliphatic carbocycles. The molecule has 1 aromatic heterocycles. The van der Waals surface area contributed by atoms with E-state index in [1.807, 2.05) is 24.3 Å². The van der Waals surface area contributed by atoms with Gasteiger partial charge in [0.05, 0.1) is 12.7 Å². The number of ether oxygens (including phenoxy) is 1. The highest BCUT2D eigenvalue weighted by molar-refractivity contribution is 9.10. The van der Waals surface area contributed by atoms with Gasteiger partial charge in [-0.25, -0.2) is 4.79 Å². The van der Waals surface area contributed by atoms with Gasteiger partial charge in [-0.3, -0.25) is 0 Å². The maximum absolute atomic E-state index is 11.6. The molecule has 3 nitrogen and oxygen atoms in total. The van der Waals surface area contributed by atoms with Gasteiger partial charge in [-0.15, -0.1) is 0 Å². The van der Waals surface area contributed by atoms with Gasteiger partial charge in [0.2, 0.25) is 0 Å². The van der Waals surface area contributed by atoms with Crippen LogP contribution in [0.1, 0.15) is 15.9 Å². The number of nitrogens with zero attached hydrogens (tertiary/aromatic N) is 1. The van der Waals surface area contributed by atoms with Gasteiger partial charge >= 0.3 is 5.97 Å². The Morgan fingerprint density at radius 1 is 1.19 bits per heavy atom. The topological polar surface area (TPSA) is 31.2 Å². The summed E-state index contributed by atoms with van der Waals surface area (Å²) in [6.07, 6.45) is 2.06. The van der Waals surface area contributed by atoms with E-state index < -0.39 is 0 Å². The summed E-state index contributed by atoms with van der Waals surface area (Å²) in [5.41, 5.74) is 2.80. The second kappa shape index (κ2) is 5.74. The Hall–Kier alpha value is -2.07. The number of carbonyl (C=O) groups is 1. The SMILES string of the molecule is COC(=O)c1cccc(Cn2ccc3ccc(Br)cc32)c1. The molecule has 0 fully saturated rings. The predicted octanol–water partition coefficient (Wildman–Crippen LogP) is 4.24. The summed E-state index contributed by atoms with van der Waals surface area (Å²) in [4.78, 5) is 11.6. The van der Waals surface area contributed by atoms with Crippen molar-refractivity contribution >= 4 is 32.8 Å². The average molecular weight is 344 g/mol. The third-order valence-electron chi connectivity index (χ3n) is 3.44. The predicted molar refractivity (Wildman–Crippen MR) is 86.5 cm³/mol. The summed E-state index contributed by atoms with van der Waals surface area (Å²) in [6.45, 7) is 0.713. The highest BCUT2D eigenvalue weighted by atomic mass is 79.9. The Bertz CT molecular complexity index is 807. The van der Waals surface area contributed by atoms with E-state index in [9.17, 15) is 4.79 Å². The van der Waals surface area contributed by atoms with Crippen molar-refractivity contribution in [2.24, 2.45) is 0 Å². The fraction of sp³-hybridized carbons (Fsp3) is 0.118. The zero-order valence-electron chi connectivity index (χ0n) is 11.5. The molecule has 3 rings (SSSR count). The minimum absolute atomic E-state index is 0.308. The minimum atomic E-state index is -0.308. The van der Waals surface area contributed by atoms with Crippen LogP contribution in [0.2, 0.25) is 0 Å². The third-order valence-corrected chi connectivity index (χ3v) is 3.93. The number of fused-ring (bicyclic) bond motifs is 1. The van der Waals surface area contributed by atoms with E-state index in [-0.39, 0.29) is 5.97 Å². The molecule has 0 unspecified atom stereocenters. The normalized spacial score (nSPS) is 10.8. The third kappa shape index (κ3) is 2.85. The Morgan fingerprint density at radius 2 is 2.05 bits per heavy atom. The second-order valence-corrected chi connectivity index (χ2v) is 5.75. The van der Waals surface area contributed by atoms with Crippen molar-refractivity contribution in [1.29, 1.82) is 0 Å². The van der Waals surface area contributed by atoms with Crippen molar-refractivity contribution in [3.05, 3.63) is 70.3 Å². The number of esters is 1. The van der Waals surface area contributed by atoms with Crippen LogP contribution in [-0.2, 0) is 11.3 Å². The lowest BCUT2D eigenvalue weighted by Gasteiger charge is -2.07. The lowest BCUT2D eigenvalue weighted by molar-refractivity contribution is 0.0600. The van der Waals surface area contributed by atoms with Crippen molar-refractivity contribution in [2.45, 2.75) is 6.54 Å². The maximum atomic E-state index is 11.6. The molecule has 0 saturated heterocycles. The van der Waals surface area contributed by atoms with Crippen molar-refractivity contribution in [1.82, 2.24) is 4.57 Å². The lowest BCUT2D eigenvalue weighted by atomic mass is 10.1. The first-order valence-corrected chi connectivity index (χ1v) is 7.38. The summed E-state index contributed by atoms with van der Waals surface area (Å²) >= 11 is 3.50. The quantitative estimate of drug-likeness (QED) is 0.666. The number of aromatic nitrogens is 1. The maximum Gasteiger partial charge on any atom is 0.337 e. The molecule has 0 aliphatic heterocycles. The molecule has 2 aromatic carbocycles. The summed E-state index contributed by atoms with van der Waals surface area (Å²) in [5.74, 6) is -0.308. The number of methoxy groups -OCH3 is 1. The zero-order chi connectivity index (χ0) is 14.8. The molecule has 0 amide bonds. The number of hydrogen-bond donors (Lipinski definition) is 0. The Morgan fingerprint density at radius 3 is 2.86 bits per heavy atom. The lowest BCUT2D eigenvalue weighted by Crippen LogP contribution is -2.03. The summed E-state index contributed by atoms with van der Waals surface area (Å²) in [5, 5.41) is 1.20. The molecule has 21 heavy (non-hydrogen) atoms. The van der Waals surface area contributed by atoms with Crippen LogP contribution in [-0.4, -0.2) is 17.6 Å². The van der Waals surface area contributed by atoms with Gasteiger partial charge in [-0.05, 0) is 41.3 Å². The first kappa shape index (κ1) is 13.9. The number of halogens is 1. The molecule has 0 radical (unpaired) electrons. The Balaban J connectivity index is 1.95. The van der Waals surface area contributed by atoms with Gasteiger partial charge in [-0.1, -0.05) is 34.1 Å². The fourth-order valence-electron chi connectivity index (χ4n) is 2.41. The van der Waals surface area contributed by atoms with Gasteiger partial charge in [0.25, 0.3) is 0 Å². The van der Waals surface area contributed by atoms with E-state index in [2.05, 4.69) is 44.9 Å². The molecule has 0 bridgehead atoms. The van der Waals surface area contributed by atoms with E-state index in [0.717, 1.165) is 15.6 Å². The van der Waals surface area contributed by atoms with E-state index in [4.69, 9.17) is 4.74 Å². The molecule has 0 saturated carbocycles. The van der Waals surface area contributed by atoms with Gasteiger partial charge in [0.15, 0.2) is 0 Å². The van der Waals surface area contributed by atoms with Crippen LogP contribution in [0.15, 0.2) is 59.2 Å². The zero-order valence-corrected chi connectivity index (χ0v) is 13.1. The van der Waals surface area contributed by atoms with E-state index in [0.29, 0.717) is 12.1 Å². The van der Waals surface area contributed by atoms with Crippen LogP contribution in [0, 0.1) is 0 Å². The monoisotopic (exact) mass is 343 g/mol. The van der Waals surface area contributed by atoms with E-state index in [1.165, 1.54) is 12.5 Å². The van der Waals surface area contributed by atoms with Gasteiger partial charge < -0.3 is 9.30 Å². The highest BCUT2D eigenvalue weighted by Crippen LogP contribution is 2.22. The highest BCUT2D eigenvalue weighted by Gasteiger charge is 2.07. The second-order valence-electron chi connectivity index (χ2n) is 4.84. The van der Waals surface area contributed by atoms with Crippen LogP contribution >= 0.6 is 15.9 Å². The standard InChI is InChI=1S/C17H14BrNO2/c1-21-17(20)14-4-2-3-12(9-14)11-19-8-7-13-5-6-15(18)10-16(13)19/h2-10H,11H2,1H3. The Kier molecular flexibility index (Phi) is 3.80. The van der Waals surface area contributed by atoms with E-state index in [1.54, 1.807) is 6.07 Å². The Labute approximate surface area is 131 Å². The molecule has 0 N–H and O–H groups in total. The van der Waals surface area contributed by atoms with Gasteiger partial charge in [0.1, 0.15) is 0 Å². The number of hydrogen-bond acceptors (Lipinski definition) is 2. The molecule has 1 heterocycles. The number of carbonyl (C=O) groups excluding carboxylic acids is 1. The van der Waals surface area contributed by atoms with Crippen LogP contribution < -0.4 is 0 Å². The molecule has 106 valence electrons. The van der Waals surface area contributed by atoms with Gasteiger partial charge in [-0.2, -0.15) is 0 Å². The van der Waals surface area contributed by atoms with Crippen LogP contribution in [0.4, 0.5) is 0 Å². The fourth-order valence-corrected chi connectivity index (χ4v) is 2.76. The first-order chi connectivity index (χ1) is 10.2. The van der Waals surface area contributed by atoms with Crippen molar-refractivity contribution in [3.63, 3.8) is 0 Å².